The van der Waals surface area contributed by atoms with Crippen LogP contribution in [0.5, 0.6) is 23.0 Å². The summed E-state index contributed by atoms with van der Waals surface area (Å²) < 4.78 is 77.1. The minimum atomic E-state index is -3.74. The van der Waals surface area contributed by atoms with E-state index in [1.54, 1.807) is 24.3 Å². The van der Waals surface area contributed by atoms with Gasteiger partial charge in [-0.2, -0.15) is 0 Å². The van der Waals surface area contributed by atoms with Crippen LogP contribution >= 0.6 is 0 Å². The summed E-state index contributed by atoms with van der Waals surface area (Å²) in [7, 11) is -1.66. The average molecular weight is 601 g/mol. The second-order valence-corrected chi connectivity index (χ2v) is 12.7. The normalized spacial score (nSPS) is 15.1. The number of hydrogen-bond acceptors (Lipinski definition) is 10. The van der Waals surface area contributed by atoms with Crippen LogP contribution in [0.1, 0.15) is 12.8 Å². The minimum absolute atomic E-state index is 0.0490. The third-order valence-corrected chi connectivity index (χ3v) is 9.64. The average Bonchev–Trinajstić information content (AvgIpc) is 2.97. The number of piperazine rings is 1. The van der Waals surface area contributed by atoms with Crippen molar-refractivity contribution < 1.29 is 35.8 Å². The van der Waals surface area contributed by atoms with E-state index in [0.717, 1.165) is 39.3 Å². The van der Waals surface area contributed by atoms with E-state index in [4.69, 9.17) is 18.9 Å². The molecule has 0 saturated carbocycles. The molecular weight excluding hydrogens is 560 g/mol. The molecule has 1 fully saturated rings. The molecule has 0 aromatic heterocycles. The second-order valence-electron chi connectivity index (χ2n) is 9.22. The summed E-state index contributed by atoms with van der Waals surface area (Å²) in [6.07, 6.45) is 1.34. The predicted molar refractivity (Wildman–Crippen MR) is 152 cm³/mol. The largest absolute Gasteiger partial charge is 0.497 e. The molecule has 0 radical (unpaired) electrons. The standard InChI is InChI=1S/C26H40N4O8S2/c1-35-21-7-9-23(37-3)25(19-21)39(31,32)27-11-5-13-29-15-17-30(18-16-29)14-6-12-28-40(33,34)26-20-22(36-2)8-10-24(26)38-4/h7-10,19-20,27-28H,5-6,11-18H2,1-4H3. The van der Waals surface area contributed by atoms with Crippen LogP contribution in [-0.2, 0) is 20.0 Å². The Bertz CT molecular complexity index is 1210. The van der Waals surface area contributed by atoms with E-state index < -0.39 is 20.0 Å². The molecule has 224 valence electrons. The molecule has 12 nitrogen and oxygen atoms in total. The highest BCUT2D eigenvalue weighted by molar-refractivity contribution is 7.89. The van der Waals surface area contributed by atoms with Crippen LogP contribution in [0.25, 0.3) is 0 Å². The van der Waals surface area contributed by atoms with E-state index in [1.165, 1.54) is 40.6 Å². The van der Waals surface area contributed by atoms with E-state index in [0.29, 0.717) is 37.4 Å². The number of nitrogens with one attached hydrogen (secondary N) is 2. The molecular formula is C26H40N4O8S2. The van der Waals surface area contributed by atoms with Crippen molar-refractivity contribution in [3.63, 3.8) is 0 Å². The van der Waals surface area contributed by atoms with Gasteiger partial charge in [-0.15, -0.1) is 0 Å². The molecule has 3 rings (SSSR count). The summed E-state index contributed by atoms with van der Waals surface area (Å²) >= 11 is 0. The lowest BCUT2D eigenvalue weighted by molar-refractivity contribution is 0.131. The monoisotopic (exact) mass is 600 g/mol. The summed E-state index contributed by atoms with van der Waals surface area (Å²) in [5.74, 6) is 1.40. The zero-order valence-electron chi connectivity index (χ0n) is 23.5. The molecule has 2 N–H and O–H groups in total. The van der Waals surface area contributed by atoms with E-state index >= 15 is 0 Å². The molecule has 0 spiro atoms. The van der Waals surface area contributed by atoms with Gasteiger partial charge in [0.15, 0.2) is 0 Å². The summed E-state index contributed by atoms with van der Waals surface area (Å²) in [4.78, 5) is 4.70. The van der Waals surface area contributed by atoms with Gasteiger partial charge in [-0.25, -0.2) is 26.3 Å². The van der Waals surface area contributed by atoms with Crippen molar-refractivity contribution in [2.75, 3.05) is 80.8 Å². The first-order chi connectivity index (χ1) is 19.1. The van der Waals surface area contributed by atoms with Gasteiger partial charge in [0.2, 0.25) is 20.0 Å². The molecule has 0 amide bonds. The number of rotatable bonds is 16. The van der Waals surface area contributed by atoms with E-state index in [-0.39, 0.29) is 21.3 Å². The van der Waals surface area contributed by atoms with Crippen LogP contribution in [-0.4, -0.2) is 107 Å². The van der Waals surface area contributed by atoms with Crippen LogP contribution < -0.4 is 28.4 Å². The Kier molecular flexibility index (Phi) is 11.8. The molecule has 1 aliphatic rings. The Balaban J connectivity index is 1.36. The molecule has 0 bridgehead atoms. The Morgan fingerprint density at radius 3 is 1.32 bits per heavy atom. The van der Waals surface area contributed by atoms with Crippen molar-refractivity contribution in [3.05, 3.63) is 36.4 Å². The molecule has 0 atom stereocenters. The Hall–Kier alpha value is -2.62. The van der Waals surface area contributed by atoms with E-state index in [9.17, 15) is 16.8 Å². The summed E-state index contributed by atoms with van der Waals surface area (Å²) in [5.41, 5.74) is 0. The van der Waals surface area contributed by atoms with Crippen LogP contribution in [0.2, 0.25) is 0 Å². The van der Waals surface area contributed by atoms with Gasteiger partial charge in [0, 0.05) is 51.4 Å². The lowest BCUT2D eigenvalue weighted by Crippen LogP contribution is -2.47. The summed E-state index contributed by atoms with van der Waals surface area (Å²) in [6, 6.07) is 9.33. The Labute approximate surface area is 237 Å². The molecule has 1 heterocycles. The molecule has 1 saturated heterocycles. The van der Waals surface area contributed by atoms with Gasteiger partial charge in [0.25, 0.3) is 0 Å². The van der Waals surface area contributed by atoms with Gasteiger partial charge >= 0.3 is 0 Å². The van der Waals surface area contributed by atoms with Crippen LogP contribution in [0, 0.1) is 0 Å². The Morgan fingerprint density at radius 1 is 0.625 bits per heavy atom. The number of benzene rings is 2. The van der Waals surface area contributed by atoms with Crippen LogP contribution in [0.3, 0.4) is 0 Å². The highest BCUT2D eigenvalue weighted by Crippen LogP contribution is 2.29. The van der Waals surface area contributed by atoms with Crippen LogP contribution in [0.15, 0.2) is 46.2 Å². The van der Waals surface area contributed by atoms with Crippen molar-refractivity contribution in [2.24, 2.45) is 0 Å². The first kappa shape index (κ1) is 31.9. The smallest absolute Gasteiger partial charge is 0.244 e. The fraction of sp³-hybridized carbons (Fsp3) is 0.538. The van der Waals surface area contributed by atoms with Crippen LogP contribution in [0.4, 0.5) is 0 Å². The van der Waals surface area contributed by atoms with Gasteiger partial charge in [-0.1, -0.05) is 0 Å². The minimum Gasteiger partial charge on any atom is -0.497 e. The third kappa shape index (κ3) is 8.69. The highest BCUT2D eigenvalue weighted by atomic mass is 32.2. The number of ether oxygens (including phenoxy) is 4. The van der Waals surface area contributed by atoms with Gasteiger partial charge in [0.05, 0.1) is 28.4 Å². The van der Waals surface area contributed by atoms with Crippen molar-refractivity contribution in [1.29, 1.82) is 0 Å². The lowest BCUT2D eigenvalue weighted by atomic mass is 10.2. The van der Waals surface area contributed by atoms with Crippen molar-refractivity contribution in [1.82, 2.24) is 19.2 Å². The number of hydrogen-bond donors (Lipinski definition) is 2. The van der Waals surface area contributed by atoms with Gasteiger partial charge in [-0.3, -0.25) is 0 Å². The number of nitrogens with zero attached hydrogens (tertiary/aromatic N) is 2. The molecule has 40 heavy (non-hydrogen) atoms. The molecule has 0 unspecified atom stereocenters. The molecule has 0 aliphatic carbocycles. The molecule has 2 aromatic rings. The highest BCUT2D eigenvalue weighted by Gasteiger charge is 2.22. The van der Waals surface area contributed by atoms with Gasteiger partial charge in [0.1, 0.15) is 32.8 Å². The fourth-order valence-corrected chi connectivity index (χ4v) is 6.91. The first-order valence-electron chi connectivity index (χ1n) is 13.0. The molecule has 1 aliphatic heterocycles. The zero-order valence-corrected chi connectivity index (χ0v) is 25.1. The van der Waals surface area contributed by atoms with Crippen molar-refractivity contribution in [2.45, 2.75) is 22.6 Å². The maximum atomic E-state index is 12.8. The fourth-order valence-electron chi connectivity index (χ4n) is 4.40. The number of sulfonamides is 2. The quantitative estimate of drug-likeness (QED) is 0.272. The maximum Gasteiger partial charge on any atom is 0.244 e. The second kappa shape index (κ2) is 14.8. The number of methoxy groups -OCH3 is 4. The van der Waals surface area contributed by atoms with Gasteiger partial charge in [-0.05, 0) is 50.2 Å². The topological polar surface area (TPSA) is 136 Å². The lowest BCUT2D eigenvalue weighted by Gasteiger charge is -2.34. The summed E-state index contributed by atoms with van der Waals surface area (Å²) in [6.45, 7) is 5.61. The SMILES string of the molecule is COc1ccc(OC)c(S(=O)(=O)NCCCN2CCN(CCCNS(=O)(=O)c3cc(OC)ccc3OC)CC2)c1. The maximum absolute atomic E-state index is 12.8. The predicted octanol–water partition coefficient (Wildman–Crippen LogP) is 1.38. The van der Waals surface area contributed by atoms with Crippen molar-refractivity contribution >= 4 is 20.0 Å². The van der Waals surface area contributed by atoms with Gasteiger partial charge < -0.3 is 28.7 Å². The zero-order chi connectivity index (χ0) is 29.2. The molecule has 2 aromatic carbocycles. The first-order valence-corrected chi connectivity index (χ1v) is 16.0. The van der Waals surface area contributed by atoms with Crippen molar-refractivity contribution in [3.8, 4) is 23.0 Å². The molecule has 14 heteroatoms. The summed E-state index contributed by atoms with van der Waals surface area (Å²) in [5, 5.41) is 0. The third-order valence-electron chi connectivity index (χ3n) is 6.67. The Morgan fingerprint density at radius 2 is 1.00 bits per heavy atom. The van der Waals surface area contributed by atoms with E-state index in [2.05, 4.69) is 19.2 Å². The van der Waals surface area contributed by atoms with E-state index in [1.807, 2.05) is 0 Å².